The predicted molar refractivity (Wildman–Crippen MR) is 120 cm³/mol. The molecule has 0 saturated carbocycles. The highest BCUT2D eigenvalue weighted by atomic mass is 35.5. The second kappa shape index (κ2) is 9.36. The van der Waals surface area contributed by atoms with E-state index in [1.54, 1.807) is 62.4 Å². The second-order valence-electron chi connectivity index (χ2n) is 7.04. The van der Waals surface area contributed by atoms with Crippen LogP contribution in [0, 0.1) is 6.92 Å². The van der Waals surface area contributed by atoms with E-state index < -0.39 is 22.0 Å². The molecular formula is C22H22ClN3O4S. The average molecular weight is 460 g/mol. The van der Waals surface area contributed by atoms with Crippen LogP contribution in [0.25, 0.3) is 0 Å². The molecule has 0 radical (unpaired) electrons. The lowest BCUT2D eigenvalue weighted by Gasteiger charge is -2.18. The Morgan fingerprint density at radius 3 is 2.61 bits per heavy atom. The Kier molecular flexibility index (Phi) is 6.82. The van der Waals surface area contributed by atoms with Gasteiger partial charge in [-0.3, -0.25) is 4.79 Å². The number of pyridine rings is 1. The van der Waals surface area contributed by atoms with Gasteiger partial charge in [0, 0.05) is 17.8 Å². The maximum atomic E-state index is 12.6. The van der Waals surface area contributed by atoms with Crippen molar-refractivity contribution in [3.05, 3.63) is 88.1 Å². The lowest BCUT2D eigenvalue weighted by atomic mass is 10.0. The average Bonchev–Trinajstić information content (AvgIpc) is 2.72. The molecule has 1 aromatic heterocycles. The van der Waals surface area contributed by atoms with Crippen molar-refractivity contribution in [2.75, 3.05) is 5.73 Å². The maximum Gasteiger partial charge on any atom is 0.264 e. The van der Waals surface area contributed by atoms with Crippen molar-refractivity contribution in [3.63, 3.8) is 0 Å². The van der Waals surface area contributed by atoms with E-state index in [9.17, 15) is 13.2 Å². The molecule has 9 heteroatoms. The highest BCUT2D eigenvalue weighted by Crippen LogP contribution is 2.29. The van der Waals surface area contributed by atoms with Crippen molar-refractivity contribution >= 4 is 33.3 Å². The van der Waals surface area contributed by atoms with E-state index in [2.05, 4.69) is 9.71 Å². The fraction of sp³-hybridized carbons (Fsp3) is 0.182. The Balaban J connectivity index is 1.77. The number of nitrogen functional groups attached to an aromatic ring is 1. The minimum absolute atomic E-state index is 0.204. The first-order valence-electron chi connectivity index (χ1n) is 9.41. The van der Waals surface area contributed by atoms with Gasteiger partial charge in [0.05, 0.1) is 10.8 Å². The number of aromatic nitrogens is 1. The monoisotopic (exact) mass is 459 g/mol. The second-order valence-corrected chi connectivity index (χ2v) is 9.20. The summed E-state index contributed by atoms with van der Waals surface area (Å²) < 4.78 is 33.2. The van der Waals surface area contributed by atoms with Gasteiger partial charge < -0.3 is 10.5 Å². The number of halogens is 1. The first-order chi connectivity index (χ1) is 14.6. The Morgan fingerprint density at radius 1 is 1.19 bits per heavy atom. The summed E-state index contributed by atoms with van der Waals surface area (Å²) in [5.41, 5.74) is 8.17. The van der Waals surface area contributed by atoms with Crippen molar-refractivity contribution in [2.24, 2.45) is 0 Å². The summed E-state index contributed by atoms with van der Waals surface area (Å²) in [7, 11) is -3.91. The fourth-order valence-corrected chi connectivity index (χ4v) is 4.26. The van der Waals surface area contributed by atoms with Crippen LogP contribution in [0.15, 0.2) is 60.8 Å². The smallest absolute Gasteiger partial charge is 0.264 e. The summed E-state index contributed by atoms with van der Waals surface area (Å²) in [6.45, 7) is 3.61. The third-order valence-electron chi connectivity index (χ3n) is 4.62. The zero-order chi connectivity index (χ0) is 22.6. The van der Waals surface area contributed by atoms with Gasteiger partial charge in [-0.15, -0.1) is 0 Å². The minimum Gasteiger partial charge on any atom is -0.482 e. The summed E-state index contributed by atoms with van der Waals surface area (Å²) in [6, 6.07) is 15.1. The van der Waals surface area contributed by atoms with E-state index in [0.717, 1.165) is 11.1 Å². The number of ether oxygens (including phenoxy) is 1. The largest absolute Gasteiger partial charge is 0.482 e. The van der Waals surface area contributed by atoms with Crippen LogP contribution < -0.4 is 15.2 Å². The number of benzene rings is 2. The van der Waals surface area contributed by atoms with Gasteiger partial charge in [-0.1, -0.05) is 48.0 Å². The Bertz CT molecular complexity index is 1200. The Labute approximate surface area is 186 Å². The molecule has 0 aliphatic rings. The van der Waals surface area contributed by atoms with Crippen molar-refractivity contribution in [1.29, 1.82) is 0 Å². The molecule has 0 spiro atoms. The quantitative estimate of drug-likeness (QED) is 0.551. The first kappa shape index (κ1) is 22.6. The molecule has 31 heavy (non-hydrogen) atoms. The molecule has 2 aromatic carbocycles. The molecule has 162 valence electrons. The van der Waals surface area contributed by atoms with Gasteiger partial charge in [0.25, 0.3) is 5.91 Å². The van der Waals surface area contributed by atoms with Crippen LogP contribution in [-0.4, -0.2) is 19.3 Å². The number of sulfonamides is 1. The van der Waals surface area contributed by atoms with Gasteiger partial charge in [0.15, 0.2) is 11.6 Å². The van der Waals surface area contributed by atoms with Gasteiger partial charge in [-0.2, -0.15) is 0 Å². The van der Waals surface area contributed by atoms with Crippen molar-refractivity contribution in [3.8, 4) is 5.75 Å². The van der Waals surface area contributed by atoms with Crippen LogP contribution in [-0.2, 0) is 15.8 Å². The van der Waals surface area contributed by atoms with Gasteiger partial charge >= 0.3 is 0 Å². The molecule has 0 unspecified atom stereocenters. The molecule has 1 amide bonds. The van der Waals surface area contributed by atoms with E-state index in [4.69, 9.17) is 22.1 Å². The number of amides is 1. The maximum absolute atomic E-state index is 12.6. The standard InChI is InChI=1S/C22H22ClN3O4S/c1-14-8-9-17(15(2)30-20-11-19(23)12-25-21(20)24)10-18(14)13-31(28,29)26-22(27)16-6-4-3-5-7-16/h3-12,15H,13H2,1-2H3,(H2,24,25)(H,26,27)/t15-/m1/s1. The summed E-state index contributed by atoms with van der Waals surface area (Å²) >= 11 is 5.95. The highest BCUT2D eigenvalue weighted by Gasteiger charge is 2.19. The number of nitrogens with zero attached hydrogens (tertiary/aromatic N) is 1. The molecule has 0 aliphatic carbocycles. The number of nitrogens with two attached hydrogens (primary N) is 1. The van der Waals surface area contributed by atoms with E-state index in [0.29, 0.717) is 16.3 Å². The highest BCUT2D eigenvalue weighted by molar-refractivity contribution is 7.89. The number of rotatable bonds is 7. The number of hydrogen-bond acceptors (Lipinski definition) is 6. The van der Waals surface area contributed by atoms with E-state index in [-0.39, 0.29) is 17.1 Å². The molecule has 1 heterocycles. The van der Waals surface area contributed by atoms with Gasteiger partial charge in [0.1, 0.15) is 6.10 Å². The minimum atomic E-state index is -3.91. The van der Waals surface area contributed by atoms with Crippen molar-refractivity contribution in [1.82, 2.24) is 9.71 Å². The lowest BCUT2D eigenvalue weighted by molar-refractivity contribution is 0.0981. The molecule has 0 aliphatic heterocycles. The summed E-state index contributed by atoms with van der Waals surface area (Å²) in [5.74, 6) is -0.478. The van der Waals surface area contributed by atoms with E-state index in [1.165, 1.54) is 6.20 Å². The molecule has 3 rings (SSSR count). The molecule has 7 nitrogen and oxygen atoms in total. The van der Waals surface area contributed by atoms with Crippen LogP contribution in [0.2, 0.25) is 5.02 Å². The van der Waals surface area contributed by atoms with Crippen molar-refractivity contribution in [2.45, 2.75) is 25.7 Å². The molecule has 0 fully saturated rings. The molecule has 1 atom stereocenters. The van der Waals surface area contributed by atoms with Crippen LogP contribution in [0.1, 0.15) is 40.1 Å². The zero-order valence-electron chi connectivity index (χ0n) is 17.0. The SMILES string of the molecule is Cc1ccc([C@@H](C)Oc2cc(Cl)cnc2N)cc1CS(=O)(=O)NC(=O)c1ccccc1. The number of nitrogens with one attached hydrogen (secondary N) is 1. The fourth-order valence-electron chi connectivity index (χ4n) is 2.91. The Morgan fingerprint density at radius 2 is 1.90 bits per heavy atom. The number of carbonyl (C=O) groups is 1. The van der Waals surface area contributed by atoms with Crippen LogP contribution in [0.5, 0.6) is 5.75 Å². The van der Waals surface area contributed by atoms with E-state index in [1.807, 2.05) is 6.07 Å². The zero-order valence-corrected chi connectivity index (χ0v) is 18.6. The van der Waals surface area contributed by atoms with Crippen LogP contribution >= 0.6 is 11.6 Å². The van der Waals surface area contributed by atoms with Gasteiger partial charge in [-0.25, -0.2) is 18.1 Å². The lowest BCUT2D eigenvalue weighted by Crippen LogP contribution is -2.31. The molecule has 0 bridgehead atoms. The first-order valence-corrected chi connectivity index (χ1v) is 11.4. The van der Waals surface area contributed by atoms with Gasteiger partial charge in [-0.05, 0) is 42.7 Å². The van der Waals surface area contributed by atoms with Crippen LogP contribution in [0.3, 0.4) is 0 Å². The van der Waals surface area contributed by atoms with E-state index >= 15 is 0 Å². The predicted octanol–water partition coefficient (Wildman–Crippen LogP) is 4.03. The summed E-state index contributed by atoms with van der Waals surface area (Å²) in [4.78, 5) is 16.2. The number of carbonyl (C=O) groups excluding carboxylic acids is 1. The van der Waals surface area contributed by atoms with Crippen molar-refractivity contribution < 1.29 is 17.9 Å². The topological polar surface area (TPSA) is 111 Å². The number of aryl methyl sites for hydroxylation is 1. The normalized spacial score (nSPS) is 12.2. The van der Waals surface area contributed by atoms with Crippen LogP contribution in [0.4, 0.5) is 5.82 Å². The molecule has 3 aromatic rings. The number of hydrogen-bond donors (Lipinski definition) is 2. The Hall–Kier alpha value is -3.10. The number of anilines is 1. The molecule has 3 N–H and O–H groups in total. The summed E-state index contributed by atoms with van der Waals surface area (Å²) in [5, 5.41) is 0.390. The third-order valence-corrected chi connectivity index (χ3v) is 6.02. The molecular weight excluding hydrogens is 438 g/mol. The third kappa shape index (κ3) is 5.96. The molecule has 0 saturated heterocycles. The van der Waals surface area contributed by atoms with Gasteiger partial charge in [0.2, 0.25) is 10.0 Å². The summed E-state index contributed by atoms with van der Waals surface area (Å²) in [6.07, 6.45) is 0.982.